The molecular weight excluding hydrogens is 290 g/mol. The standard InChI is InChI=1S/C19H23NO3/c1-19(2,3)13-4-7-15(8-5-13)23-17-9-6-14(20)12-16(17)18-21-10-11-22-18/h4-9,12,18H,10-11,20H2,1-3H3. The van der Waals surface area contributed by atoms with E-state index in [-0.39, 0.29) is 5.41 Å². The third-order valence-corrected chi connectivity index (χ3v) is 3.86. The van der Waals surface area contributed by atoms with Gasteiger partial charge in [0, 0.05) is 5.69 Å². The third-order valence-electron chi connectivity index (χ3n) is 3.86. The Hall–Kier alpha value is -2.04. The Kier molecular flexibility index (Phi) is 4.28. The molecule has 122 valence electrons. The second-order valence-corrected chi connectivity index (χ2v) is 6.75. The zero-order valence-electron chi connectivity index (χ0n) is 13.8. The van der Waals surface area contributed by atoms with Crippen LogP contribution in [0, 0.1) is 0 Å². The molecule has 1 saturated heterocycles. The first-order valence-electron chi connectivity index (χ1n) is 7.84. The number of nitrogens with two attached hydrogens (primary N) is 1. The maximum Gasteiger partial charge on any atom is 0.187 e. The monoisotopic (exact) mass is 313 g/mol. The quantitative estimate of drug-likeness (QED) is 0.853. The summed E-state index contributed by atoms with van der Waals surface area (Å²) in [6, 6.07) is 13.7. The van der Waals surface area contributed by atoms with Gasteiger partial charge in [0.05, 0.1) is 18.8 Å². The minimum Gasteiger partial charge on any atom is -0.457 e. The summed E-state index contributed by atoms with van der Waals surface area (Å²) in [4.78, 5) is 0. The fraction of sp³-hybridized carbons (Fsp3) is 0.368. The number of rotatable bonds is 3. The molecule has 4 nitrogen and oxygen atoms in total. The van der Waals surface area contributed by atoms with E-state index in [9.17, 15) is 0 Å². The van der Waals surface area contributed by atoms with Gasteiger partial charge in [-0.3, -0.25) is 0 Å². The predicted octanol–water partition coefficient (Wildman–Crippen LogP) is 4.40. The van der Waals surface area contributed by atoms with Crippen LogP contribution in [-0.4, -0.2) is 13.2 Å². The van der Waals surface area contributed by atoms with Crippen LogP contribution in [0.5, 0.6) is 11.5 Å². The van der Waals surface area contributed by atoms with Crippen molar-refractivity contribution in [2.45, 2.75) is 32.5 Å². The van der Waals surface area contributed by atoms with Crippen LogP contribution in [0.25, 0.3) is 0 Å². The molecule has 0 saturated carbocycles. The smallest absolute Gasteiger partial charge is 0.187 e. The molecule has 0 unspecified atom stereocenters. The summed E-state index contributed by atoms with van der Waals surface area (Å²) in [6.45, 7) is 7.74. The average molecular weight is 313 g/mol. The highest BCUT2D eigenvalue weighted by atomic mass is 16.7. The normalized spacial score (nSPS) is 15.8. The fourth-order valence-corrected chi connectivity index (χ4v) is 2.53. The molecule has 0 spiro atoms. The van der Waals surface area contributed by atoms with Crippen LogP contribution in [0.3, 0.4) is 0 Å². The Morgan fingerprint density at radius 2 is 1.65 bits per heavy atom. The first-order chi connectivity index (χ1) is 10.9. The number of ether oxygens (including phenoxy) is 3. The van der Waals surface area contributed by atoms with Crippen LogP contribution in [0.15, 0.2) is 42.5 Å². The van der Waals surface area contributed by atoms with Gasteiger partial charge in [0.1, 0.15) is 11.5 Å². The van der Waals surface area contributed by atoms with Crippen molar-refractivity contribution in [2.24, 2.45) is 0 Å². The third kappa shape index (κ3) is 3.66. The summed E-state index contributed by atoms with van der Waals surface area (Å²) in [5, 5.41) is 0. The zero-order chi connectivity index (χ0) is 16.4. The molecule has 1 fully saturated rings. The number of anilines is 1. The van der Waals surface area contributed by atoms with Gasteiger partial charge >= 0.3 is 0 Å². The van der Waals surface area contributed by atoms with E-state index in [1.807, 2.05) is 30.3 Å². The van der Waals surface area contributed by atoms with E-state index in [4.69, 9.17) is 19.9 Å². The van der Waals surface area contributed by atoms with E-state index in [0.717, 1.165) is 11.3 Å². The van der Waals surface area contributed by atoms with Crippen molar-refractivity contribution in [3.05, 3.63) is 53.6 Å². The summed E-state index contributed by atoms with van der Waals surface area (Å²) in [5.74, 6) is 1.48. The van der Waals surface area contributed by atoms with Crippen LogP contribution < -0.4 is 10.5 Å². The lowest BCUT2D eigenvalue weighted by Crippen LogP contribution is -2.10. The number of benzene rings is 2. The Bertz CT molecular complexity index is 668. The van der Waals surface area contributed by atoms with E-state index in [0.29, 0.717) is 24.7 Å². The van der Waals surface area contributed by atoms with Gasteiger partial charge in [-0.1, -0.05) is 32.9 Å². The van der Waals surface area contributed by atoms with Gasteiger partial charge in [-0.25, -0.2) is 0 Å². The van der Waals surface area contributed by atoms with Gasteiger partial charge in [-0.15, -0.1) is 0 Å². The molecule has 0 amide bonds. The summed E-state index contributed by atoms with van der Waals surface area (Å²) in [6.07, 6.45) is -0.414. The predicted molar refractivity (Wildman–Crippen MR) is 90.7 cm³/mol. The maximum atomic E-state index is 6.03. The van der Waals surface area contributed by atoms with Crippen molar-refractivity contribution < 1.29 is 14.2 Å². The lowest BCUT2D eigenvalue weighted by atomic mass is 9.87. The highest BCUT2D eigenvalue weighted by molar-refractivity contribution is 5.50. The van der Waals surface area contributed by atoms with Crippen LogP contribution in [0.2, 0.25) is 0 Å². The molecule has 2 aromatic carbocycles. The van der Waals surface area contributed by atoms with Crippen LogP contribution in [-0.2, 0) is 14.9 Å². The number of hydrogen-bond donors (Lipinski definition) is 1. The summed E-state index contributed by atoms with van der Waals surface area (Å²) < 4.78 is 17.2. The summed E-state index contributed by atoms with van der Waals surface area (Å²) >= 11 is 0. The molecular formula is C19H23NO3. The Morgan fingerprint density at radius 3 is 2.26 bits per heavy atom. The molecule has 0 radical (unpaired) electrons. The lowest BCUT2D eigenvalue weighted by Gasteiger charge is -2.20. The van der Waals surface area contributed by atoms with Crippen LogP contribution in [0.1, 0.15) is 38.2 Å². The Balaban J connectivity index is 1.85. The molecule has 0 aliphatic carbocycles. The second-order valence-electron chi connectivity index (χ2n) is 6.75. The molecule has 1 aliphatic heterocycles. The highest BCUT2D eigenvalue weighted by Crippen LogP contribution is 2.36. The lowest BCUT2D eigenvalue weighted by molar-refractivity contribution is -0.0452. The van der Waals surface area contributed by atoms with Gasteiger partial charge in [0.25, 0.3) is 0 Å². The van der Waals surface area contributed by atoms with Crippen LogP contribution in [0.4, 0.5) is 5.69 Å². The first kappa shape index (κ1) is 15.8. The minimum absolute atomic E-state index is 0.121. The molecule has 23 heavy (non-hydrogen) atoms. The van der Waals surface area contributed by atoms with Gasteiger partial charge in [0.2, 0.25) is 0 Å². The molecule has 0 bridgehead atoms. The van der Waals surface area contributed by atoms with E-state index >= 15 is 0 Å². The molecule has 3 rings (SSSR count). The summed E-state index contributed by atoms with van der Waals surface area (Å²) in [5.41, 5.74) is 8.76. The van der Waals surface area contributed by atoms with E-state index in [2.05, 4.69) is 32.9 Å². The molecule has 2 N–H and O–H groups in total. The van der Waals surface area contributed by atoms with E-state index in [1.54, 1.807) is 0 Å². The van der Waals surface area contributed by atoms with Crippen LogP contribution >= 0.6 is 0 Å². The molecule has 1 heterocycles. The Labute approximate surface area is 137 Å². The molecule has 2 aromatic rings. The second kappa shape index (κ2) is 6.22. The van der Waals surface area contributed by atoms with Crippen molar-refractivity contribution in [3.63, 3.8) is 0 Å². The van der Waals surface area contributed by atoms with Gasteiger partial charge in [-0.05, 0) is 41.3 Å². The molecule has 1 aliphatic rings. The van der Waals surface area contributed by atoms with E-state index < -0.39 is 6.29 Å². The van der Waals surface area contributed by atoms with Crippen molar-refractivity contribution in [3.8, 4) is 11.5 Å². The number of hydrogen-bond acceptors (Lipinski definition) is 4. The largest absolute Gasteiger partial charge is 0.457 e. The van der Waals surface area contributed by atoms with Crippen molar-refractivity contribution in [1.82, 2.24) is 0 Å². The minimum atomic E-state index is -0.414. The average Bonchev–Trinajstić information content (AvgIpc) is 3.03. The zero-order valence-corrected chi connectivity index (χ0v) is 13.8. The topological polar surface area (TPSA) is 53.7 Å². The van der Waals surface area contributed by atoms with Gasteiger partial charge in [0.15, 0.2) is 6.29 Å². The highest BCUT2D eigenvalue weighted by Gasteiger charge is 2.23. The van der Waals surface area contributed by atoms with E-state index in [1.165, 1.54) is 5.56 Å². The first-order valence-corrected chi connectivity index (χ1v) is 7.84. The van der Waals surface area contributed by atoms with Crippen molar-refractivity contribution >= 4 is 5.69 Å². The van der Waals surface area contributed by atoms with Gasteiger partial charge < -0.3 is 19.9 Å². The van der Waals surface area contributed by atoms with Gasteiger partial charge in [-0.2, -0.15) is 0 Å². The molecule has 0 aromatic heterocycles. The fourth-order valence-electron chi connectivity index (χ4n) is 2.53. The molecule has 4 heteroatoms. The molecule has 0 atom stereocenters. The SMILES string of the molecule is CC(C)(C)c1ccc(Oc2ccc(N)cc2C2OCCO2)cc1. The number of nitrogen functional groups attached to an aromatic ring is 1. The van der Waals surface area contributed by atoms with Crippen molar-refractivity contribution in [1.29, 1.82) is 0 Å². The Morgan fingerprint density at radius 1 is 1.00 bits per heavy atom. The summed E-state index contributed by atoms with van der Waals surface area (Å²) in [7, 11) is 0. The maximum absolute atomic E-state index is 6.03. The van der Waals surface area contributed by atoms with Crippen molar-refractivity contribution in [2.75, 3.05) is 18.9 Å².